The Morgan fingerprint density at radius 2 is 2.03 bits per heavy atom. The van der Waals surface area contributed by atoms with Crippen LogP contribution in [-0.2, 0) is 6.61 Å². The van der Waals surface area contributed by atoms with Crippen molar-refractivity contribution in [3.05, 3.63) is 77.5 Å². The molecule has 9 heteroatoms. The maximum Gasteiger partial charge on any atom is 0.281 e. The van der Waals surface area contributed by atoms with Gasteiger partial charge in [-0.1, -0.05) is 35.3 Å². The minimum Gasteiger partial charge on any atom is -0.490 e. The van der Waals surface area contributed by atoms with Gasteiger partial charge in [0, 0.05) is 0 Å². The lowest BCUT2D eigenvalue weighted by atomic mass is 10.2. The van der Waals surface area contributed by atoms with Crippen molar-refractivity contribution in [3.63, 3.8) is 0 Å². The Labute approximate surface area is 202 Å². The Kier molecular flexibility index (Phi) is 8.38. The van der Waals surface area contributed by atoms with Crippen LogP contribution in [-0.4, -0.2) is 18.7 Å². The highest BCUT2D eigenvalue weighted by Gasteiger charge is 2.13. The van der Waals surface area contributed by atoms with Crippen LogP contribution in [0.3, 0.4) is 0 Å². The van der Waals surface area contributed by atoms with Gasteiger partial charge in [0.25, 0.3) is 5.91 Å². The van der Waals surface area contributed by atoms with Crippen LogP contribution in [0.25, 0.3) is 0 Å². The molecule has 3 aromatic rings. The van der Waals surface area contributed by atoms with E-state index < -0.39 is 0 Å². The Balaban J connectivity index is 1.73. The number of hydrogen-bond donors (Lipinski definition) is 1. The van der Waals surface area contributed by atoms with E-state index in [1.807, 2.05) is 36.6 Å². The molecule has 0 saturated heterocycles. The molecular weight excluding hydrogens is 558 g/mol. The van der Waals surface area contributed by atoms with Gasteiger partial charge in [0.2, 0.25) is 0 Å². The van der Waals surface area contributed by atoms with E-state index >= 15 is 0 Å². The molecule has 0 bridgehead atoms. The first-order valence-electron chi connectivity index (χ1n) is 8.88. The van der Waals surface area contributed by atoms with Crippen molar-refractivity contribution in [2.24, 2.45) is 5.10 Å². The largest absolute Gasteiger partial charge is 0.490 e. The van der Waals surface area contributed by atoms with E-state index in [1.165, 1.54) is 11.3 Å². The number of benzene rings is 2. The number of nitrogens with zero attached hydrogens (tertiary/aromatic N) is 1. The van der Waals surface area contributed by atoms with Crippen LogP contribution < -0.4 is 14.9 Å². The van der Waals surface area contributed by atoms with Gasteiger partial charge in [-0.25, -0.2) is 5.43 Å². The summed E-state index contributed by atoms with van der Waals surface area (Å²) in [6, 6.07) is 12.6. The van der Waals surface area contributed by atoms with Gasteiger partial charge in [-0.15, -0.1) is 11.3 Å². The normalized spacial score (nSPS) is 10.9. The molecule has 2 aromatic carbocycles. The standard InChI is InChI=1S/C21H17Cl2IN2O3S/c1-2-28-18-10-14(11-25-26-21(27)19-4-3-7-30-19)9-17(24)20(18)29-12-13-5-6-15(22)16(23)8-13/h3-11H,2,12H2,1H3,(H,26,27)/b25-11-. The van der Waals surface area contributed by atoms with Crippen molar-refractivity contribution in [1.29, 1.82) is 0 Å². The third-order valence-corrected chi connectivity index (χ3v) is 6.23. The Bertz CT molecular complexity index is 1060. The molecule has 1 N–H and O–H groups in total. The molecule has 0 unspecified atom stereocenters. The minimum absolute atomic E-state index is 0.248. The first kappa shape index (κ1) is 22.9. The quantitative estimate of drug-likeness (QED) is 0.192. The van der Waals surface area contributed by atoms with Crippen LogP contribution in [0, 0.1) is 3.57 Å². The third-order valence-electron chi connectivity index (χ3n) is 3.82. The van der Waals surface area contributed by atoms with Crippen molar-refractivity contribution in [2.75, 3.05) is 6.61 Å². The molecule has 0 spiro atoms. The molecule has 0 aliphatic heterocycles. The number of hydrazone groups is 1. The van der Waals surface area contributed by atoms with Crippen LogP contribution in [0.1, 0.15) is 27.7 Å². The van der Waals surface area contributed by atoms with E-state index in [0.29, 0.717) is 39.6 Å². The summed E-state index contributed by atoms with van der Waals surface area (Å²) in [6.07, 6.45) is 1.57. The lowest BCUT2D eigenvalue weighted by molar-refractivity contribution is 0.0959. The number of nitrogens with one attached hydrogen (secondary N) is 1. The van der Waals surface area contributed by atoms with Crippen LogP contribution in [0.15, 0.2) is 52.9 Å². The highest BCUT2D eigenvalue weighted by atomic mass is 127. The third kappa shape index (κ3) is 6.10. The van der Waals surface area contributed by atoms with Crippen LogP contribution in [0.4, 0.5) is 0 Å². The van der Waals surface area contributed by atoms with E-state index in [4.69, 9.17) is 32.7 Å². The molecular formula is C21H17Cl2IN2O3S. The molecule has 0 saturated carbocycles. The van der Waals surface area contributed by atoms with Gasteiger partial charge in [-0.3, -0.25) is 4.79 Å². The molecule has 0 aliphatic carbocycles. The fourth-order valence-electron chi connectivity index (χ4n) is 2.48. The fourth-order valence-corrected chi connectivity index (χ4v) is 4.19. The van der Waals surface area contributed by atoms with E-state index in [9.17, 15) is 4.79 Å². The smallest absolute Gasteiger partial charge is 0.281 e. The average molecular weight is 575 g/mol. The highest BCUT2D eigenvalue weighted by molar-refractivity contribution is 14.1. The summed E-state index contributed by atoms with van der Waals surface area (Å²) in [5.74, 6) is 0.973. The second-order valence-electron chi connectivity index (χ2n) is 5.98. The van der Waals surface area contributed by atoms with E-state index in [2.05, 4.69) is 33.1 Å². The van der Waals surface area contributed by atoms with Gasteiger partial charge < -0.3 is 9.47 Å². The SMILES string of the molecule is CCOc1cc(/C=N\NC(=O)c2cccs2)cc(I)c1OCc1ccc(Cl)c(Cl)c1. The summed E-state index contributed by atoms with van der Waals surface area (Å²) < 4.78 is 12.6. The monoisotopic (exact) mass is 574 g/mol. The molecule has 30 heavy (non-hydrogen) atoms. The molecule has 0 radical (unpaired) electrons. The lowest BCUT2D eigenvalue weighted by Gasteiger charge is -2.15. The van der Waals surface area contributed by atoms with Crippen molar-refractivity contribution in [3.8, 4) is 11.5 Å². The van der Waals surface area contributed by atoms with Crippen LogP contribution in [0.2, 0.25) is 10.0 Å². The average Bonchev–Trinajstić information content (AvgIpc) is 3.25. The second kappa shape index (κ2) is 11.0. The zero-order chi connectivity index (χ0) is 21.5. The molecule has 0 atom stereocenters. The van der Waals surface area contributed by atoms with Crippen molar-refractivity contribution in [2.45, 2.75) is 13.5 Å². The van der Waals surface area contributed by atoms with Crippen molar-refractivity contribution >= 4 is 69.3 Å². The van der Waals surface area contributed by atoms with Gasteiger partial charge in [-0.05, 0) is 76.4 Å². The van der Waals surface area contributed by atoms with Gasteiger partial charge in [0.05, 0.1) is 31.3 Å². The first-order valence-corrected chi connectivity index (χ1v) is 11.6. The summed E-state index contributed by atoms with van der Waals surface area (Å²) in [5, 5.41) is 6.86. The lowest BCUT2D eigenvalue weighted by Crippen LogP contribution is -2.16. The number of carbonyl (C=O) groups is 1. The molecule has 156 valence electrons. The summed E-state index contributed by atoms with van der Waals surface area (Å²) in [5.41, 5.74) is 4.19. The Morgan fingerprint density at radius 3 is 2.73 bits per heavy atom. The van der Waals surface area contributed by atoms with E-state index in [0.717, 1.165) is 14.7 Å². The Morgan fingerprint density at radius 1 is 1.20 bits per heavy atom. The molecule has 1 aromatic heterocycles. The summed E-state index contributed by atoms with van der Waals surface area (Å²) >= 11 is 15.6. The Hall–Kier alpha value is -1.81. The topological polar surface area (TPSA) is 59.9 Å². The summed E-state index contributed by atoms with van der Waals surface area (Å²) in [4.78, 5) is 12.6. The van der Waals surface area contributed by atoms with Crippen LogP contribution >= 0.6 is 57.1 Å². The number of thiophene rings is 1. The number of hydrogen-bond acceptors (Lipinski definition) is 5. The molecule has 0 fully saturated rings. The highest BCUT2D eigenvalue weighted by Crippen LogP contribution is 2.35. The number of halogens is 3. The molecule has 1 amide bonds. The van der Waals surface area contributed by atoms with E-state index in [-0.39, 0.29) is 5.91 Å². The predicted octanol–water partition coefficient (Wildman–Crippen LogP) is 6.40. The summed E-state index contributed by atoms with van der Waals surface area (Å²) in [7, 11) is 0. The molecule has 1 heterocycles. The summed E-state index contributed by atoms with van der Waals surface area (Å²) in [6.45, 7) is 2.70. The van der Waals surface area contributed by atoms with E-state index in [1.54, 1.807) is 24.4 Å². The predicted molar refractivity (Wildman–Crippen MR) is 131 cm³/mol. The maximum atomic E-state index is 12.0. The number of carbonyl (C=O) groups excluding carboxylic acids is 1. The van der Waals surface area contributed by atoms with Crippen molar-refractivity contribution < 1.29 is 14.3 Å². The van der Waals surface area contributed by atoms with Gasteiger partial charge in [0.15, 0.2) is 11.5 Å². The maximum absolute atomic E-state index is 12.0. The molecule has 0 aliphatic rings. The minimum atomic E-state index is -0.248. The number of amides is 1. The zero-order valence-corrected chi connectivity index (χ0v) is 20.3. The van der Waals surface area contributed by atoms with Crippen molar-refractivity contribution in [1.82, 2.24) is 5.43 Å². The fraction of sp³-hybridized carbons (Fsp3) is 0.143. The molecule has 5 nitrogen and oxygen atoms in total. The number of ether oxygens (including phenoxy) is 2. The van der Waals surface area contributed by atoms with Gasteiger partial charge in [-0.2, -0.15) is 5.10 Å². The first-order chi connectivity index (χ1) is 14.5. The van der Waals surface area contributed by atoms with Gasteiger partial charge >= 0.3 is 0 Å². The zero-order valence-electron chi connectivity index (χ0n) is 15.8. The molecule has 3 rings (SSSR count). The van der Waals surface area contributed by atoms with Crippen LogP contribution in [0.5, 0.6) is 11.5 Å². The van der Waals surface area contributed by atoms with Gasteiger partial charge in [0.1, 0.15) is 6.61 Å². The number of rotatable bonds is 8. The second-order valence-corrected chi connectivity index (χ2v) is 8.90.